The molecule has 4 N–H and O–H groups in total. The lowest BCUT2D eigenvalue weighted by Crippen LogP contribution is -2.34. The number of carbonyl (C=O) groups excluding carboxylic acids is 1. The maximum Gasteiger partial charge on any atom is 0.303 e. The highest BCUT2D eigenvalue weighted by atomic mass is 32.1. The molecule has 6 heteroatoms. The van der Waals surface area contributed by atoms with Crippen molar-refractivity contribution in [2.75, 3.05) is 6.54 Å². The van der Waals surface area contributed by atoms with Gasteiger partial charge in [-0.15, -0.1) is 11.3 Å². The first-order valence-corrected chi connectivity index (χ1v) is 8.21. The third-order valence-corrected chi connectivity index (χ3v) is 4.40. The van der Waals surface area contributed by atoms with Gasteiger partial charge >= 0.3 is 5.97 Å². The van der Waals surface area contributed by atoms with Crippen LogP contribution in [0.1, 0.15) is 49.9 Å². The van der Waals surface area contributed by atoms with Crippen molar-refractivity contribution in [1.29, 1.82) is 0 Å². The van der Waals surface area contributed by atoms with Crippen LogP contribution >= 0.6 is 11.3 Å². The summed E-state index contributed by atoms with van der Waals surface area (Å²) in [5.41, 5.74) is 5.88. The van der Waals surface area contributed by atoms with Gasteiger partial charge < -0.3 is 16.2 Å². The molecule has 2 atom stereocenters. The van der Waals surface area contributed by atoms with Crippen molar-refractivity contribution in [3.63, 3.8) is 0 Å². The summed E-state index contributed by atoms with van der Waals surface area (Å²) < 4.78 is 0. The lowest BCUT2D eigenvalue weighted by Gasteiger charge is -2.16. The maximum atomic E-state index is 11.9. The van der Waals surface area contributed by atoms with E-state index in [0.717, 1.165) is 24.1 Å². The zero-order valence-electron chi connectivity index (χ0n) is 12.4. The highest BCUT2D eigenvalue weighted by Gasteiger charge is 2.17. The summed E-state index contributed by atoms with van der Waals surface area (Å²) in [6.07, 6.45) is 3.65. The average molecular weight is 312 g/mol. The van der Waals surface area contributed by atoms with E-state index in [1.165, 1.54) is 11.3 Å². The standard InChI is InChI=1S/C15H24N2O3S/c1-2-4-11(6-7-13(18)19)8-9-17-15(20)14(16)12-5-3-10-21-12/h3,5,10-11,14H,2,4,6-9,16H2,1H3,(H,17,20)(H,18,19). The molecule has 0 fully saturated rings. The molecular weight excluding hydrogens is 288 g/mol. The molecular formula is C15H24N2O3S. The Labute approximate surface area is 129 Å². The predicted octanol–water partition coefficient (Wildman–Crippen LogP) is 2.54. The molecule has 0 spiro atoms. The SMILES string of the molecule is CCCC(CCNC(=O)C(N)c1cccs1)CCC(=O)O. The second kappa shape index (κ2) is 9.52. The Morgan fingerprint density at radius 1 is 1.38 bits per heavy atom. The van der Waals surface area contributed by atoms with Gasteiger partial charge in [-0.2, -0.15) is 0 Å². The highest BCUT2D eigenvalue weighted by Crippen LogP contribution is 2.18. The third kappa shape index (κ3) is 6.73. The Balaban J connectivity index is 2.32. The van der Waals surface area contributed by atoms with Gasteiger partial charge in [0.15, 0.2) is 0 Å². The summed E-state index contributed by atoms with van der Waals surface area (Å²) in [6.45, 7) is 2.63. The van der Waals surface area contributed by atoms with Crippen molar-refractivity contribution >= 4 is 23.2 Å². The van der Waals surface area contributed by atoms with Gasteiger partial charge in [-0.3, -0.25) is 9.59 Å². The van der Waals surface area contributed by atoms with Crippen molar-refractivity contribution < 1.29 is 14.7 Å². The molecule has 5 nitrogen and oxygen atoms in total. The van der Waals surface area contributed by atoms with Gasteiger partial charge in [0.2, 0.25) is 5.91 Å². The van der Waals surface area contributed by atoms with Crippen LogP contribution in [0.25, 0.3) is 0 Å². The summed E-state index contributed by atoms with van der Waals surface area (Å²) in [6, 6.07) is 3.10. The van der Waals surface area contributed by atoms with Crippen molar-refractivity contribution in [1.82, 2.24) is 5.32 Å². The summed E-state index contributed by atoms with van der Waals surface area (Å²) in [5, 5.41) is 13.5. The Bertz CT molecular complexity index is 434. The van der Waals surface area contributed by atoms with Crippen LogP contribution in [0.3, 0.4) is 0 Å². The number of rotatable bonds is 10. The van der Waals surface area contributed by atoms with Crippen molar-refractivity contribution in [2.24, 2.45) is 11.7 Å². The average Bonchev–Trinajstić information content (AvgIpc) is 2.97. The fourth-order valence-electron chi connectivity index (χ4n) is 2.28. The second-order valence-corrected chi connectivity index (χ2v) is 6.14. The van der Waals surface area contributed by atoms with Crippen LogP contribution in [0, 0.1) is 5.92 Å². The lowest BCUT2D eigenvalue weighted by atomic mass is 9.94. The van der Waals surface area contributed by atoms with Crippen LogP contribution in [-0.2, 0) is 9.59 Å². The number of carboxylic acid groups (broad SMARTS) is 1. The molecule has 0 saturated carbocycles. The summed E-state index contributed by atoms with van der Waals surface area (Å²) in [7, 11) is 0. The highest BCUT2D eigenvalue weighted by molar-refractivity contribution is 7.10. The Morgan fingerprint density at radius 2 is 2.14 bits per heavy atom. The molecule has 0 aliphatic rings. The molecule has 1 amide bonds. The Morgan fingerprint density at radius 3 is 2.71 bits per heavy atom. The minimum absolute atomic E-state index is 0.175. The topological polar surface area (TPSA) is 92.4 Å². The van der Waals surface area contributed by atoms with E-state index in [1.807, 2.05) is 17.5 Å². The minimum atomic E-state index is -0.764. The molecule has 2 unspecified atom stereocenters. The van der Waals surface area contributed by atoms with Crippen LogP contribution in [0.15, 0.2) is 17.5 Å². The number of carboxylic acids is 1. The lowest BCUT2D eigenvalue weighted by molar-refractivity contribution is -0.137. The Kier molecular flexibility index (Phi) is 8.00. The van der Waals surface area contributed by atoms with Crippen LogP contribution in [0.2, 0.25) is 0 Å². The summed E-state index contributed by atoms with van der Waals surface area (Å²) in [5.74, 6) is -0.602. The smallest absolute Gasteiger partial charge is 0.303 e. The third-order valence-electron chi connectivity index (χ3n) is 3.45. The summed E-state index contributed by atoms with van der Waals surface area (Å²) >= 11 is 1.47. The monoisotopic (exact) mass is 312 g/mol. The van der Waals surface area contributed by atoms with Crippen molar-refractivity contribution in [3.8, 4) is 0 Å². The number of aliphatic carboxylic acids is 1. The normalized spacial score (nSPS) is 13.6. The fraction of sp³-hybridized carbons (Fsp3) is 0.600. The molecule has 0 bridgehead atoms. The maximum absolute atomic E-state index is 11.9. The molecule has 1 heterocycles. The van der Waals surface area contributed by atoms with E-state index in [9.17, 15) is 9.59 Å². The molecule has 1 rings (SSSR count). The molecule has 118 valence electrons. The molecule has 0 aromatic carbocycles. The second-order valence-electron chi connectivity index (χ2n) is 5.16. The molecule has 1 aromatic rings. The number of hydrogen-bond acceptors (Lipinski definition) is 4. The molecule has 21 heavy (non-hydrogen) atoms. The molecule has 0 aliphatic carbocycles. The zero-order valence-corrected chi connectivity index (χ0v) is 13.2. The fourth-order valence-corrected chi connectivity index (χ4v) is 3.00. The predicted molar refractivity (Wildman–Crippen MR) is 84.1 cm³/mol. The Hall–Kier alpha value is -1.40. The minimum Gasteiger partial charge on any atom is -0.481 e. The van der Waals surface area contributed by atoms with E-state index in [2.05, 4.69) is 12.2 Å². The molecule has 1 aromatic heterocycles. The zero-order chi connectivity index (χ0) is 15.7. The van der Waals surface area contributed by atoms with Crippen molar-refractivity contribution in [3.05, 3.63) is 22.4 Å². The molecule has 0 radical (unpaired) electrons. The van der Waals surface area contributed by atoms with Gasteiger partial charge in [0.25, 0.3) is 0 Å². The van der Waals surface area contributed by atoms with Crippen molar-refractivity contribution in [2.45, 2.75) is 45.1 Å². The van der Waals surface area contributed by atoms with E-state index < -0.39 is 12.0 Å². The number of thiophene rings is 1. The number of nitrogens with two attached hydrogens (primary N) is 1. The van der Waals surface area contributed by atoms with Gasteiger partial charge in [0, 0.05) is 17.8 Å². The van der Waals surface area contributed by atoms with Gasteiger partial charge in [0.1, 0.15) is 6.04 Å². The molecule has 0 aliphatic heterocycles. The van der Waals surface area contributed by atoms with Crippen LogP contribution < -0.4 is 11.1 Å². The van der Waals surface area contributed by atoms with Crippen LogP contribution in [-0.4, -0.2) is 23.5 Å². The number of amides is 1. The molecule has 0 saturated heterocycles. The van der Waals surface area contributed by atoms with Gasteiger partial charge in [-0.25, -0.2) is 0 Å². The van der Waals surface area contributed by atoms with Crippen LogP contribution in [0.4, 0.5) is 0 Å². The summed E-state index contributed by atoms with van der Waals surface area (Å²) in [4.78, 5) is 23.4. The van der Waals surface area contributed by atoms with E-state index in [0.29, 0.717) is 18.9 Å². The van der Waals surface area contributed by atoms with E-state index in [4.69, 9.17) is 10.8 Å². The first-order chi connectivity index (χ1) is 10.0. The van der Waals surface area contributed by atoms with E-state index in [1.54, 1.807) is 0 Å². The first-order valence-electron chi connectivity index (χ1n) is 7.33. The van der Waals surface area contributed by atoms with Gasteiger partial charge in [-0.05, 0) is 30.2 Å². The van der Waals surface area contributed by atoms with Gasteiger partial charge in [-0.1, -0.05) is 25.8 Å². The number of nitrogens with one attached hydrogen (secondary N) is 1. The quantitative estimate of drug-likeness (QED) is 0.619. The number of carbonyl (C=O) groups is 2. The number of hydrogen-bond donors (Lipinski definition) is 3. The largest absolute Gasteiger partial charge is 0.481 e. The van der Waals surface area contributed by atoms with Crippen LogP contribution in [0.5, 0.6) is 0 Å². The van der Waals surface area contributed by atoms with E-state index in [-0.39, 0.29) is 12.3 Å². The van der Waals surface area contributed by atoms with E-state index >= 15 is 0 Å². The van der Waals surface area contributed by atoms with Gasteiger partial charge in [0.05, 0.1) is 0 Å². The first kappa shape index (κ1) is 17.7.